The highest BCUT2D eigenvalue weighted by Crippen LogP contribution is 2.49. The van der Waals surface area contributed by atoms with Gasteiger partial charge in [-0.25, -0.2) is 4.79 Å². The molecule has 3 rings (SSSR count). The van der Waals surface area contributed by atoms with Crippen LogP contribution >= 0.6 is 0 Å². The molecule has 136 valence electrons. The molecule has 2 aromatic rings. The summed E-state index contributed by atoms with van der Waals surface area (Å²) in [7, 11) is 1.51. The van der Waals surface area contributed by atoms with Crippen LogP contribution in [-0.2, 0) is 11.2 Å². The van der Waals surface area contributed by atoms with Crippen LogP contribution < -0.4 is 10.1 Å². The van der Waals surface area contributed by atoms with Gasteiger partial charge in [-0.2, -0.15) is 0 Å². The number of aromatic carboxylic acids is 1. The van der Waals surface area contributed by atoms with Crippen molar-refractivity contribution < 1.29 is 19.4 Å². The fourth-order valence-electron chi connectivity index (χ4n) is 3.31. The summed E-state index contributed by atoms with van der Waals surface area (Å²) in [5, 5.41) is 12.0. The van der Waals surface area contributed by atoms with Crippen LogP contribution in [0.4, 0.5) is 0 Å². The maximum Gasteiger partial charge on any atom is 0.335 e. The zero-order chi connectivity index (χ0) is 18.5. The number of benzene rings is 2. The van der Waals surface area contributed by atoms with E-state index in [0.717, 1.165) is 12.0 Å². The molecule has 5 nitrogen and oxygen atoms in total. The van der Waals surface area contributed by atoms with Gasteiger partial charge in [-0.15, -0.1) is 0 Å². The van der Waals surface area contributed by atoms with Crippen molar-refractivity contribution in [2.45, 2.75) is 25.2 Å². The number of carbonyl (C=O) groups excluding carboxylic acids is 1. The lowest BCUT2D eigenvalue weighted by molar-refractivity contribution is -0.121. The lowest BCUT2D eigenvalue weighted by atomic mass is 10.1. The number of carbonyl (C=O) groups is 2. The zero-order valence-corrected chi connectivity index (χ0v) is 14.8. The fourth-order valence-corrected chi connectivity index (χ4v) is 3.31. The van der Waals surface area contributed by atoms with Crippen LogP contribution in [0.5, 0.6) is 5.75 Å². The molecule has 2 aromatic carbocycles. The Labute approximate surface area is 153 Å². The standard InChI is InChI=1S/C21H23NO4/c1-26-19-12-16(21(24)25)8-7-15(19)9-10-22-20(23)13-17-11-18(17)14-5-3-2-4-6-14/h2-8,12,17-18H,9-11,13H2,1H3,(H,22,23)(H,24,25)/t17-,18-/m0/s1. The summed E-state index contributed by atoms with van der Waals surface area (Å²) >= 11 is 0. The minimum Gasteiger partial charge on any atom is -0.496 e. The van der Waals surface area contributed by atoms with Crippen LogP contribution in [0.1, 0.15) is 40.2 Å². The van der Waals surface area contributed by atoms with Crippen molar-refractivity contribution in [1.82, 2.24) is 5.32 Å². The molecule has 2 N–H and O–H groups in total. The van der Waals surface area contributed by atoms with Crippen LogP contribution in [0.2, 0.25) is 0 Å². The predicted octanol–water partition coefficient (Wildman–Crippen LogP) is 3.25. The van der Waals surface area contributed by atoms with Crippen molar-refractivity contribution in [3.63, 3.8) is 0 Å². The number of methoxy groups -OCH3 is 1. The summed E-state index contributed by atoms with van der Waals surface area (Å²) in [5.74, 6) is 0.549. The van der Waals surface area contributed by atoms with Gasteiger partial charge in [0.1, 0.15) is 5.75 Å². The van der Waals surface area contributed by atoms with E-state index >= 15 is 0 Å². The first-order valence-corrected chi connectivity index (χ1v) is 8.80. The average Bonchev–Trinajstić information content (AvgIpc) is 3.41. The molecule has 5 heteroatoms. The molecule has 1 fully saturated rings. The van der Waals surface area contributed by atoms with Gasteiger partial charge >= 0.3 is 5.97 Å². The Morgan fingerprint density at radius 2 is 1.96 bits per heavy atom. The van der Waals surface area contributed by atoms with Crippen LogP contribution in [0.15, 0.2) is 48.5 Å². The monoisotopic (exact) mass is 353 g/mol. The average molecular weight is 353 g/mol. The van der Waals surface area contributed by atoms with Crippen molar-refractivity contribution in [1.29, 1.82) is 0 Å². The molecule has 1 aliphatic rings. The molecular formula is C21H23NO4. The lowest BCUT2D eigenvalue weighted by Gasteiger charge is -2.10. The Bertz CT molecular complexity index is 788. The summed E-state index contributed by atoms with van der Waals surface area (Å²) in [6.07, 6.45) is 2.22. The maximum absolute atomic E-state index is 12.1. The Kier molecular flexibility index (Phi) is 5.56. The topological polar surface area (TPSA) is 75.6 Å². The molecule has 1 amide bonds. The van der Waals surface area contributed by atoms with Gasteiger partial charge in [-0.1, -0.05) is 36.4 Å². The van der Waals surface area contributed by atoms with Crippen LogP contribution in [0.3, 0.4) is 0 Å². The quantitative estimate of drug-likeness (QED) is 0.764. The molecule has 0 aliphatic heterocycles. The van der Waals surface area contributed by atoms with E-state index in [1.54, 1.807) is 12.1 Å². The number of ether oxygens (including phenoxy) is 1. The SMILES string of the molecule is COc1cc(C(=O)O)ccc1CCNC(=O)C[C@@H]1C[C@H]1c1ccccc1. The van der Waals surface area contributed by atoms with Crippen molar-refractivity contribution in [3.05, 3.63) is 65.2 Å². The van der Waals surface area contributed by atoms with E-state index in [0.29, 0.717) is 37.0 Å². The third-order valence-electron chi connectivity index (χ3n) is 4.85. The first-order chi connectivity index (χ1) is 12.6. The normalized spacial score (nSPS) is 18.2. The lowest BCUT2D eigenvalue weighted by Crippen LogP contribution is -2.26. The number of hydrogen-bond acceptors (Lipinski definition) is 3. The third kappa shape index (κ3) is 4.42. The highest BCUT2D eigenvalue weighted by molar-refractivity contribution is 5.88. The summed E-state index contributed by atoms with van der Waals surface area (Å²) in [5.41, 5.74) is 2.38. The second kappa shape index (κ2) is 8.04. The Hall–Kier alpha value is -2.82. The molecule has 0 saturated heterocycles. The van der Waals surface area contributed by atoms with Crippen molar-refractivity contribution in [3.8, 4) is 5.75 Å². The molecule has 0 spiro atoms. The van der Waals surface area contributed by atoms with E-state index in [1.165, 1.54) is 18.7 Å². The third-order valence-corrected chi connectivity index (χ3v) is 4.85. The summed E-state index contributed by atoms with van der Waals surface area (Å²) in [6, 6.07) is 15.1. The smallest absolute Gasteiger partial charge is 0.335 e. The van der Waals surface area contributed by atoms with E-state index in [4.69, 9.17) is 9.84 Å². The summed E-state index contributed by atoms with van der Waals surface area (Å²) < 4.78 is 5.26. The molecule has 2 atom stereocenters. The van der Waals surface area contributed by atoms with Crippen LogP contribution in [0, 0.1) is 5.92 Å². The summed E-state index contributed by atoms with van der Waals surface area (Å²) in [6.45, 7) is 0.504. The fraction of sp³-hybridized carbons (Fsp3) is 0.333. The Balaban J connectivity index is 1.45. The molecule has 0 bridgehead atoms. The second-order valence-electron chi connectivity index (χ2n) is 6.65. The maximum atomic E-state index is 12.1. The highest BCUT2D eigenvalue weighted by atomic mass is 16.5. The number of hydrogen-bond donors (Lipinski definition) is 2. The Morgan fingerprint density at radius 3 is 2.65 bits per heavy atom. The van der Waals surface area contributed by atoms with Crippen molar-refractivity contribution >= 4 is 11.9 Å². The number of carboxylic acids is 1. The second-order valence-corrected chi connectivity index (χ2v) is 6.65. The Morgan fingerprint density at radius 1 is 1.19 bits per heavy atom. The van der Waals surface area contributed by atoms with E-state index in [9.17, 15) is 9.59 Å². The number of rotatable bonds is 8. The van der Waals surface area contributed by atoms with Gasteiger partial charge < -0.3 is 15.2 Å². The van der Waals surface area contributed by atoms with Crippen molar-refractivity contribution in [2.75, 3.05) is 13.7 Å². The van der Waals surface area contributed by atoms with Gasteiger partial charge in [0.25, 0.3) is 0 Å². The van der Waals surface area contributed by atoms with E-state index < -0.39 is 5.97 Å². The first kappa shape index (κ1) is 18.0. The molecule has 0 radical (unpaired) electrons. The van der Waals surface area contributed by atoms with Crippen LogP contribution in [0.25, 0.3) is 0 Å². The van der Waals surface area contributed by atoms with Gasteiger partial charge in [0.15, 0.2) is 0 Å². The highest BCUT2D eigenvalue weighted by Gasteiger charge is 2.39. The molecule has 1 saturated carbocycles. The minimum absolute atomic E-state index is 0.0644. The van der Waals surface area contributed by atoms with Gasteiger partial charge in [0, 0.05) is 13.0 Å². The minimum atomic E-state index is -0.986. The van der Waals surface area contributed by atoms with Gasteiger partial charge in [0.05, 0.1) is 12.7 Å². The molecule has 1 aliphatic carbocycles. The van der Waals surface area contributed by atoms with Gasteiger partial charge in [0.2, 0.25) is 5.91 Å². The molecule has 0 heterocycles. The van der Waals surface area contributed by atoms with E-state index in [1.807, 2.05) is 18.2 Å². The molecule has 26 heavy (non-hydrogen) atoms. The molecule has 0 aromatic heterocycles. The van der Waals surface area contributed by atoms with Crippen molar-refractivity contribution in [2.24, 2.45) is 5.92 Å². The largest absolute Gasteiger partial charge is 0.496 e. The van der Waals surface area contributed by atoms with E-state index in [2.05, 4.69) is 17.4 Å². The number of carboxylic acid groups (broad SMARTS) is 1. The van der Waals surface area contributed by atoms with Gasteiger partial charge in [-0.05, 0) is 47.9 Å². The first-order valence-electron chi connectivity index (χ1n) is 8.80. The van der Waals surface area contributed by atoms with Gasteiger partial charge in [-0.3, -0.25) is 4.79 Å². The zero-order valence-electron chi connectivity index (χ0n) is 14.8. The van der Waals surface area contributed by atoms with Crippen LogP contribution in [-0.4, -0.2) is 30.6 Å². The molecular weight excluding hydrogens is 330 g/mol. The summed E-state index contributed by atoms with van der Waals surface area (Å²) in [4.78, 5) is 23.1. The number of nitrogens with one attached hydrogen (secondary N) is 1. The molecule has 0 unspecified atom stereocenters. The predicted molar refractivity (Wildman–Crippen MR) is 98.6 cm³/mol. The van der Waals surface area contributed by atoms with E-state index in [-0.39, 0.29) is 11.5 Å². The number of amides is 1.